The Kier molecular flexibility index (Phi) is 3.77. The summed E-state index contributed by atoms with van der Waals surface area (Å²) in [5.41, 5.74) is 0.977. The molecule has 0 aromatic carbocycles. The summed E-state index contributed by atoms with van der Waals surface area (Å²) in [6.45, 7) is 9.39. The number of carbonyl (C=O) groups excluding carboxylic acids is 1. The summed E-state index contributed by atoms with van der Waals surface area (Å²) in [6.07, 6.45) is 5.97. The lowest BCUT2D eigenvalue weighted by molar-refractivity contribution is -0.117. The van der Waals surface area contributed by atoms with Crippen molar-refractivity contribution in [3.05, 3.63) is 35.9 Å². The van der Waals surface area contributed by atoms with Crippen LogP contribution in [0.4, 0.5) is 5.00 Å². The Labute approximate surface area is 111 Å². The third kappa shape index (κ3) is 2.76. The van der Waals surface area contributed by atoms with Gasteiger partial charge in [-0.05, 0) is 24.0 Å². The van der Waals surface area contributed by atoms with E-state index in [4.69, 9.17) is 0 Å². The topological polar surface area (TPSA) is 41.5 Å². The van der Waals surface area contributed by atoms with Crippen LogP contribution in [0.2, 0.25) is 0 Å². The maximum Gasteiger partial charge on any atom is 0.228 e. The summed E-state index contributed by atoms with van der Waals surface area (Å²) in [7, 11) is 0. The van der Waals surface area contributed by atoms with Crippen LogP contribution in [0.15, 0.2) is 30.4 Å². The fourth-order valence-corrected chi connectivity index (χ4v) is 2.71. The number of nitrogens with one attached hydrogen (secondary N) is 1. The average molecular weight is 260 g/mol. The van der Waals surface area contributed by atoms with Gasteiger partial charge in [0.15, 0.2) is 0 Å². The van der Waals surface area contributed by atoms with Gasteiger partial charge in [0.25, 0.3) is 0 Å². The number of rotatable bonds is 5. The monoisotopic (exact) mass is 260 g/mol. The molecule has 1 aromatic rings. The first-order valence-electron chi connectivity index (χ1n) is 5.87. The number of anilines is 1. The van der Waals surface area contributed by atoms with E-state index < -0.39 is 0 Å². The zero-order chi connectivity index (χ0) is 13.1. The van der Waals surface area contributed by atoms with Crippen LogP contribution in [-0.2, 0) is 4.79 Å². The summed E-state index contributed by atoms with van der Waals surface area (Å²) < 4.78 is 0. The second-order valence-corrected chi connectivity index (χ2v) is 5.49. The zero-order valence-electron chi connectivity index (χ0n) is 10.3. The lowest BCUT2D eigenvalue weighted by Gasteiger charge is -1.99. The predicted molar refractivity (Wildman–Crippen MR) is 78.1 cm³/mol. The first-order valence-corrected chi connectivity index (χ1v) is 6.68. The highest BCUT2D eigenvalue weighted by atomic mass is 32.1. The molecule has 1 fully saturated rings. The molecule has 2 rings (SSSR count). The molecule has 0 saturated heterocycles. The van der Waals surface area contributed by atoms with Gasteiger partial charge in [-0.15, -0.1) is 11.3 Å². The fourth-order valence-electron chi connectivity index (χ4n) is 1.76. The molecule has 4 heteroatoms. The molecule has 0 aliphatic heterocycles. The van der Waals surface area contributed by atoms with E-state index in [1.165, 1.54) is 17.5 Å². The van der Waals surface area contributed by atoms with E-state index in [1.54, 1.807) is 12.3 Å². The summed E-state index contributed by atoms with van der Waals surface area (Å²) in [6, 6.07) is 1.92. The second kappa shape index (κ2) is 5.31. The normalized spacial score (nSPS) is 21.8. The molecule has 0 spiro atoms. The van der Waals surface area contributed by atoms with Crippen LogP contribution < -0.4 is 5.32 Å². The number of aliphatic imine (C=N–C) groups is 1. The van der Waals surface area contributed by atoms with E-state index >= 15 is 0 Å². The minimum atomic E-state index is 0.117. The number of nitrogens with zero attached hydrogens (tertiary/aromatic N) is 1. The molecular weight excluding hydrogens is 244 g/mol. The van der Waals surface area contributed by atoms with Crippen LogP contribution in [0.25, 0.3) is 6.08 Å². The van der Waals surface area contributed by atoms with Gasteiger partial charge >= 0.3 is 0 Å². The van der Waals surface area contributed by atoms with E-state index in [9.17, 15) is 4.79 Å². The number of amides is 1. The summed E-state index contributed by atoms with van der Waals surface area (Å²) >= 11 is 1.50. The van der Waals surface area contributed by atoms with E-state index in [2.05, 4.69) is 30.4 Å². The maximum absolute atomic E-state index is 11.8. The standard InChI is InChI=1S/C14H16N2OS/c1-4-10-7-13(18-12(10)8-15-5-2)16-14(17)11-6-9(11)3/h4-5,7-9,11H,1-2,6H2,3H3,(H,16,17)/b15-8-. The molecule has 94 valence electrons. The van der Waals surface area contributed by atoms with Gasteiger partial charge in [0.1, 0.15) is 0 Å². The SMILES string of the molecule is C=C/N=C\c1sc(NC(=O)C2CC2C)cc1C=C. The smallest absolute Gasteiger partial charge is 0.228 e. The highest BCUT2D eigenvalue weighted by Gasteiger charge is 2.39. The lowest BCUT2D eigenvalue weighted by atomic mass is 10.2. The molecule has 1 aliphatic rings. The van der Waals surface area contributed by atoms with Gasteiger partial charge in [0.05, 0.1) is 9.88 Å². The summed E-state index contributed by atoms with van der Waals surface area (Å²) in [4.78, 5) is 16.8. The fraction of sp³-hybridized carbons (Fsp3) is 0.286. The van der Waals surface area contributed by atoms with Crippen molar-refractivity contribution >= 4 is 34.5 Å². The molecule has 1 amide bonds. The Morgan fingerprint density at radius 2 is 2.33 bits per heavy atom. The van der Waals surface area contributed by atoms with Crippen molar-refractivity contribution in [1.29, 1.82) is 0 Å². The van der Waals surface area contributed by atoms with E-state index in [1.807, 2.05) is 6.07 Å². The quantitative estimate of drug-likeness (QED) is 0.808. The van der Waals surface area contributed by atoms with Gasteiger partial charge in [-0.25, -0.2) is 0 Å². The van der Waals surface area contributed by atoms with Gasteiger partial charge in [-0.2, -0.15) is 0 Å². The molecule has 1 aromatic heterocycles. The van der Waals surface area contributed by atoms with E-state index in [0.717, 1.165) is 21.9 Å². The molecule has 1 saturated carbocycles. The Morgan fingerprint density at radius 1 is 1.61 bits per heavy atom. The second-order valence-electron chi connectivity index (χ2n) is 4.40. The molecule has 2 atom stereocenters. The minimum absolute atomic E-state index is 0.117. The van der Waals surface area contributed by atoms with Gasteiger partial charge in [-0.3, -0.25) is 9.79 Å². The molecule has 0 radical (unpaired) electrons. The van der Waals surface area contributed by atoms with E-state index in [0.29, 0.717) is 5.92 Å². The van der Waals surface area contributed by atoms with Crippen LogP contribution in [0.1, 0.15) is 23.8 Å². The lowest BCUT2D eigenvalue weighted by Crippen LogP contribution is -2.13. The Hall–Kier alpha value is -1.68. The third-order valence-electron chi connectivity index (χ3n) is 3.00. The Balaban J connectivity index is 2.11. The molecular formula is C14H16N2OS. The van der Waals surface area contributed by atoms with Crippen molar-refractivity contribution in [2.75, 3.05) is 5.32 Å². The first-order chi connectivity index (χ1) is 8.65. The molecule has 1 heterocycles. The van der Waals surface area contributed by atoms with Crippen LogP contribution >= 0.6 is 11.3 Å². The number of hydrogen-bond acceptors (Lipinski definition) is 3. The van der Waals surface area contributed by atoms with Crippen LogP contribution in [0.5, 0.6) is 0 Å². The number of hydrogen-bond donors (Lipinski definition) is 1. The van der Waals surface area contributed by atoms with Crippen LogP contribution in [-0.4, -0.2) is 12.1 Å². The maximum atomic E-state index is 11.8. The molecule has 0 bridgehead atoms. The predicted octanol–water partition coefficient (Wildman–Crippen LogP) is 3.55. The molecule has 1 N–H and O–H groups in total. The Morgan fingerprint density at radius 3 is 2.89 bits per heavy atom. The van der Waals surface area contributed by atoms with Gasteiger partial charge < -0.3 is 5.32 Å². The zero-order valence-corrected chi connectivity index (χ0v) is 11.2. The van der Waals surface area contributed by atoms with Crippen molar-refractivity contribution in [1.82, 2.24) is 0 Å². The Bertz CT molecular complexity index is 516. The van der Waals surface area contributed by atoms with Crippen molar-refractivity contribution in [2.45, 2.75) is 13.3 Å². The van der Waals surface area contributed by atoms with Crippen molar-refractivity contribution in [3.8, 4) is 0 Å². The third-order valence-corrected chi connectivity index (χ3v) is 4.00. The summed E-state index contributed by atoms with van der Waals surface area (Å²) in [5.74, 6) is 0.821. The molecule has 3 nitrogen and oxygen atoms in total. The van der Waals surface area contributed by atoms with E-state index in [-0.39, 0.29) is 11.8 Å². The minimum Gasteiger partial charge on any atom is -0.317 e. The number of carbonyl (C=O) groups is 1. The summed E-state index contributed by atoms with van der Waals surface area (Å²) in [5, 5.41) is 3.80. The van der Waals surface area contributed by atoms with Crippen molar-refractivity contribution in [2.24, 2.45) is 16.8 Å². The van der Waals surface area contributed by atoms with Crippen LogP contribution in [0.3, 0.4) is 0 Å². The molecule has 18 heavy (non-hydrogen) atoms. The first kappa shape index (κ1) is 12.8. The largest absolute Gasteiger partial charge is 0.317 e. The highest BCUT2D eigenvalue weighted by Crippen LogP contribution is 2.39. The van der Waals surface area contributed by atoms with Crippen molar-refractivity contribution < 1.29 is 4.79 Å². The number of thiophene rings is 1. The highest BCUT2D eigenvalue weighted by molar-refractivity contribution is 7.18. The molecule has 2 unspecified atom stereocenters. The van der Waals surface area contributed by atoms with Gasteiger partial charge in [0, 0.05) is 18.3 Å². The molecule has 1 aliphatic carbocycles. The van der Waals surface area contributed by atoms with Crippen LogP contribution in [0, 0.1) is 11.8 Å². The van der Waals surface area contributed by atoms with Crippen molar-refractivity contribution in [3.63, 3.8) is 0 Å². The van der Waals surface area contributed by atoms with Gasteiger partial charge in [-0.1, -0.05) is 26.2 Å². The average Bonchev–Trinajstić information content (AvgIpc) is 2.96. The van der Waals surface area contributed by atoms with Gasteiger partial charge in [0.2, 0.25) is 5.91 Å².